The number of halogens is 1. The topological polar surface area (TPSA) is 127 Å². The molecule has 0 aromatic carbocycles. The zero-order valence-electron chi connectivity index (χ0n) is 10.5. The van der Waals surface area contributed by atoms with Gasteiger partial charge in [0.15, 0.2) is 0 Å². The molecule has 0 amide bonds. The summed E-state index contributed by atoms with van der Waals surface area (Å²) in [6.07, 6.45) is 0. The third-order valence-electron chi connectivity index (χ3n) is 2.01. The molecule has 0 bridgehead atoms. The molecule has 6 nitrogen and oxygen atoms in total. The average molecular weight is 252 g/mol. The van der Waals surface area contributed by atoms with Gasteiger partial charge in [0.05, 0.1) is 0 Å². The lowest BCUT2D eigenvalue weighted by atomic mass is 10.0. The van der Waals surface area contributed by atoms with Crippen LogP contribution in [0.2, 0.25) is 0 Å². The van der Waals surface area contributed by atoms with Crippen LogP contribution in [0.1, 0.15) is 27.7 Å². The van der Waals surface area contributed by atoms with E-state index in [-0.39, 0.29) is 5.92 Å². The molecule has 0 heterocycles. The van der Waals surface area contributed by atoms with E-state index >= 15 is 0 Å². The van der Waals surface area contributed by atoms with Crippen molar-refractivity contribution in [1.29, 1.82) is 0 Å². The summed E-state index contributed by atoms with van der Waals surface area (Å²) in [6, 6.07) is -2.15. The molecule has 0 rings (SSSR count). The summed E-state index contributed by atoms with van der Waals surface area (Å²) >= 11 is 0. The van der Waals surface area contributed by atoms with Crippen LogP contribution in [0.5, 0.6) is 0 Å². The van der Waals surface area contributed by atoms with E-state index in [1.165, 1.54) is 0 Å². The maximum atomic E-state index is 12.5. The molecular formula is C10H21FN2O4. The van der Waals surface area contributed by atoms with Crippen LogP contribution < -0.4 is 11.5 Å². The van der Waals surface area contributed by atoms with Crippen molar-refractivity contribution in [3.8, 4) is 0 Å². The highest BCUT2D eigenvalue weighted by atomic mass is 19.1. The lowest BCUT2D eigenvalue weighted by Gasteiger charge is -2.17. The first kappa shape index (κ1) is 18.2. The fourth-order valence-electron chi connectivity index (χ4n) is 0.579. The molecule has 7 heteroatoms. The number of carboxylic acids is 2. The summed E-state index contributed by atoms with van der Waals surface area (Å²) in [5.41, 5.74) is 8.24. The van der Waals surface area contributed by atoms with Gasteiger partial charge >= 0.3 is 11.9 Å². The number of carboxylic acid groups (broad SMARTS) is 2. The molecule has 0 aliphatic rings. The third kappa shape index (κ3) is 8.58. The van der Waals surface area contributed by atoms with E-state index in [9.17, 15) is 14.0 Å². The van der Waals surface area contributed by atoms with E-state index in [0.29, 0.717) is 0 Å². The minimum Gasteiger partial charge on any atom is -0.480 e. The second-order valence-electron chi connectivity index (χ2n) is 4.49. The Morgan fingerprint density at radius 1 is 1.12 bits per heavy atom. The van der Waals surface area contributed by atoms with Gasteiger partial charge in [0.2, 0.25) is 0 Å². The summed E-state index contributed by atoms with van der Waals surface area (Å²) < 4.78 is 12.5. The van der Waals surface area contributed by atoms with Gasteiger partial charge in [0, 0.05) is 0 Å². The maximum absolute atomic E-state index is 12.5. The molecule has 0 spiro atoms. The average Bonchev–Trinajstić information content (AvgIpc) is 2.14. The van der Waals surface area contributed by atoms with Crippen LogP contribution in [0, 0.1) is 5.92 Å². The molecule has 17 heavy (non-hydrogen) atoms. The van der Waals surface area contributed by atoms with Crippen molar-refractivity contribution in [3.05, 3.63) is 0 Å². The van der Waals surface area contributed by atoms with Crippen molar-refractivity contribution in [2.75, 3.05) is 0 Å². The number of hydrogen-bond acceptors (Lipinski definition) is 4. The molecule has 0 fully saturated rings. The predicted molar refractivity (Wildman–Crippen MR) is 61.2 cm³/mol. The minimum atomic E-state index is -1.84. The summed E-state index contributed by atoms with van der Waals surface area (Å²) in [5.74, 6) is -2.23. The van der Waals surface area contributed by atoms with Gasteiger partial charge < -0.3 is 21.7 Å². The Bertz CT molecular complexity index is 264. The number of aliphatic carboxylic acids is 2. The van der Waals surface area contributed by atoms with Crippen LogP contribution in [0.15, 0.2) is 0 Å². The van der Waals surface area contributed by atoms with Crippen molar-refractivity contribution in [3.63, 3.8) is 0 Å². The first-order valence-electron chi connectivity index (χ1n) is 5.07. The van der Waals surface area contributed by atoms with Crippen molar-refractivity contribution < 1.29 is 24.2 Å². The second kappa shape index (κ2) is 7.18. The number of alkyl halides is 1. The largest absolute Gasteiger partial charge is 0.480 e. The van der Waals surface area contributed by atoms with Crippen molar-refractivity contribution in [2.45, 2.75) is 45.4 Å². The van der Waals surface area contributed by atoms with Gasteiger partial charge in [-0.2, -0.15) is 0 Å². The van der Waals surface area contributed by atoms with Gasteiger partial charge in [-0.3, -0.25) is 9.59 Å². The highest BCUT2D eigenvalue weighted by Gasteiger charge is 2.31. The lowest BCUT2D eigenvalue weighted by molar-refractivity contribution is -0.142. The normalized spacial score (nSPS) is 14.6. The molecule has 6 N–H and O–H groups in total. The molecule has 1 unspecified atom stereocenters. The fourth-order valence-corrected chi connectivity index (χ4v) is 0.579. The van der Waals surface area contributed by atoms with Gasteiger partial charge in [-0.15, -0.1) is 0 Å². The standard InChI is InChI=1S/C5H10FNO2.C5H11NO2/c1-5(2,6)3(7)4(8)9;1-3(2)4(6)5(7)8/h3H,7H2,1-2H3,(H,8,9);3-4H,6H2,1-2H3,(H,7,8)/t;4-/m.0/s1. The Morgan fingerprint density at radius 2 is 1.47 bits per heavy atom. The molecule has 0 aromatic heterocycles. The lowest BCUT2D eigenvalue weighted by Crippen LogP contribution is -2.45. The monoisotopic (exact) mass is 252 g/mol. The van der Waals surface area contributed by atoms with Crippen molar-refractivity contribution in [2.24, 2.45) is 17.4 Å². The van der Waals surface area contributed by atoms with Crippen molar-refractivity contribution >= 4 is 11.9 Å². The van der Waals surface area contributed by atoms with Gasteiger partial charge in [0.25, 0.3) is 0 Å². The van der Waals surface area contributed by atoms with Crippen LogP contribution in [-0.4, -0.2) is 39.9 Å². The first-order chi connectivity index (χ1) is 7.41. The molecule has 2 atom stereocenters. The van der Waals surface area contributed by atoms with E-state index < -0.39 is 29.7 Å². The van der Waals surface area contributed by atoms with Crippen molar-refractivity contribution in [1.82, 2.24) is 0 Å². The highest BCUT2D eigenvalue weighted by molar-refractivity contribution is 5.74. The van der Waals surface area contributed by atoms with E-state index in [4.69, 9.17) is 21.7 Å². The quantitative estimate of drug-likeness (QED) is 0.566. The summed E-state index contributed by atoms with van der Waals surface area (Å²) in [7, 11) is 0. The van der Waals surface area contributed by atoms with Crippen LogP contribution in [0.25, 0.3) is 0 Å². The van der Waals surface area contributed by atoms with Gasteiger partial charge in [-0.1, -0.05) is 13.8 Å². The zero-order chi connectivity index (χ0) is 14.4. The number of hydrogen-bond donors (Lipinski definition) is 4. The molecule has 102 valence electrons. The predicted octanol–water partition coefficient (Wildman–Crippen LogP) is 0.201. The fraction of sp³-hybridized carbons (Fsp3) is 0.800. The SMILES string of the molecule is CC(C)(F)C(N)C(=O)O.CC(C)[C@H](N)C(=O)O. The van der Waals surface area contributed by atoms with Crippen LogP contribution in [0.4, 0.5) is 4.39 Å². The van der Waals surface area contributed by atoms with Gasteiger partial charge in [-0.05, 0) is 19.8 Å². The summed E-state index contributed by atoms with van der Waals surface area (Å²) in [6.45, 7) is 5.81. The highest BCUT2D eigenvalue weighted by Crippen LogP contribution is 2.11. The second-order valence-corrected chi connectivity index (χ2v) is 4.49. The Morgan fingerprint density at radius 3 is 1.47 bits per heavy atom. The Hall–Kier alpha value is -1.21. The van der Waals surface area contributed by atoms with E-state index in [2.05, 4.69) is 0 Å². The summed E-state index contributed by atoms with van der Waals surface area (Å²) in [5, 5.41) is 16.4. The van der Waals surface area contributed by atoms with E-state index in [1.807, 2.05) is 0 Å². The molecule has 0 aliphatic heterocycles. The minimum absolute atomic E-state index is 0.0208. The third-order valence-corrected chi connectivity index (χ3v) is 2.01. The van der Waals surface area contributed by atoms with E-state index in [0.717, 1.165) is 13.8 Å². The molecule has 0 aromatic rings. The molecular weight excluding hydrogens is 231 g/mol. The first-order valence-corrected chi connectivity index (χ1v) is 5.07. The maximum Gasteiger partial charge on any atom is 0.323 e. The molecule has 0 radical (unpaired) electrons. The zero-order valence-corrected chi connectivity index (χ0v) is 10.5. The Labute approximate surface area is 99.8 Å². The molecule has 0 saturated heterocycles. The number of carbonyl (C=O) groups is 2. The number of nitrogens with two attached hydrogens (primary N) is 2. The van der Waals surface area contributed by atoms with Gasteiger partial charge in [0.1, 0.15) is 17.8 Å². The van der Waals surface area contributed by atoms with Gasteiger partial charge in [-0.25, -0.2) is 4.39 Å². The summed E-state index contributed by atoms with van der Waals surface area (Å²) in [4.78, 5) is 20.0. The Kier molecular flexibility index (Phi) is 7.67. The van der Waals surface area contributed by atoms with Crippen LogP contribution in [0.3, 0.4) is 0 Å². The molecule has 0 saturated carbocycles. The smallest absolute Gasteiger partial charge is 0.323 e. The van der Waals surface area contributed by atoms with E-state index in [1.54, 1.807) is 13.8 Å². The van der Waals surface area contributed by atoms with Crippen LogP contribution >= 0.6 is 0 Å². The number of rotatable bonds is 4. The van der Waals surface area contributed by atoms with Crippen LogP contribution in [-0.2, 0) is 9.59 Å². The molecule has 0 aliphatic carbocycles. The Balaban J connectivity index is 0.